The van der Waals surface area contributed by atoms with Crippen LogP contribution in [0.2, 0.25) is 0 Å². The van der Waals surface area contributed by atoms with Crippen molar-refractivity contribution in [1.82, 2.24) is 4.90 Å². The van der Waals surface area contributed by atoms with E-state index in [4.69, 9.17) is 9.15 Å². The summed E-state index contributed by atoms with van der Waals surface area (Å²) in [6.45, 7) is 4.07. The number of benzene rings is 2. The summed E-state index contributed by atoms with van der Waals surface area (Å²) in [5.74, 6) is 0.699. The van der Waals surface area contributed by atoms with Crippen LogP contribution in [0.3, 0.4) is 0 Å². The molecule has 0 unspecified atom stereocenters. The van der Waals surface area contributed by atoms with Crippen LogP contribution in [-0.2, 0) is 24.5 Å². The molecule has 5 nitrogen and oxygen atoms in total. The van der Waals surface area contributed by atoms with E-state index in [0.29, 0.717) is 18.8 Å². The first-order valence-electron chi connectivity index (χ1n) is 10.1. The molecule has 0 bridgehead atoms. The van der Waals surface area contributed by atoms with E-state index in [1.807, 2.05) is 54.6 Å². The Hall–Kier alpha value is -2.89. The number of hydrogen-bond acceptors (Lipinski definition) is 4. The molecular weight excluding hydrogens is 364 g/mol. The van der Waals surface area contributed by atoms with E-state index in [9.17, 15) is 4.79 Å². The van der Waals surface area contributed by atoms with E-state index >= 15 is 0 Å². The highest BCUT2D eigenvalue weighted by Gasteiger charge is 2.13. The summed E-state index contributed by atoms with van der Waals surface area (Å²) in [5, 5.41) is 3.00. The lowest BCUT2D eigenvalue weighted by molar-refractivity contribution is 0.0929. The Morgan fingerprint density at radius 2 is 1.79 bits per heavy atom. The minimum absolute atomic E-state index is 0.0954. The topological polar surface area (TPSA) is 54.7 Å². The zero-order valence-corrected chi connectivity index (χ0v) is 16.5. The smallest absolute Gasteiger partial charge is 0.255 e. The van der Waals surface area contributed by atoms with Gasteiger partial charge < -0.3 is 14.5 Å². The van der Waals surface area contributed by atoms with E-state index in [0.717, 1.165) is 36.6 Å². The molecule has 3 aromatic rings. The molecule has 1 saturated heterocycles. The molecule has 29 heavy (non-hydrogen) atoms. The molecule has 4 rings (SSSR count). The van der Waals surface area contributed by atoms with Crippen molar-refractivity contribution in [3.8, 4) is 0 Å². The zero-order chi connectivity index (χ0) is 19.9. The molecule has 0 aliphatic carbocycles. The number of nitrogens with zero attached hydrogens (tertiary/aromatic N) is 1. The highest BCUT2D eigenvalue weighted by Crippen LogP contribution is 2.17. The van der Waals surface area contributed by atoms with Gasteiger partial charge in [-0.2, -0.15) is 0 Å². The largest absolute Gasteiger partial charge is 0.467 e. The van der Waals surface area contributed by atoms with Crippen molar-refractivity contribution in [2.75, 3.05) is 18.4 Å². The summed E-state index contributed by atoms with van der Waals surface area (Å²) >= 11 is 0. The first-order chi connectivity index (χ1) is 14.3. The maximum atomic E-state index is 12.7. The number of nitrogens with one attached hydrogen (secondary N) is 1. The van der Waals surface area contributed by atoms with Crippen LogP contribution >= 0.6 is 0 Å². The van der Waals surface area contributed by atoms with Crippen LogP contribution in [0.15, 0.2) is 71.3 Å². The summed E-state index contributed by atoms with van der Waals surface area (Å²) in [6.07, 6.45) is 4.17. The Balaban J connectivity index is 1.34. The Morgan fingerprint density at radius 3 is 2.62 bits per heavy atom. The van der Waals surface area contributed by atoms with E-state index in [2.05, 4.69) is 16.3 Å². The second-order valence-electron chi connectivity index (χ2n) is 7.41. The van der Waals surface area contributed by atoms with Gasteiger partial charge in [0.05, 0.1) is 12.9 Å². The van der Waals surface area contributed by atoms with Gasteiger partial charge in [0.15, 0.2) is 0 Å². The quantitative estimate of drug-likeness (QED) is 0.598. The third-order valence-corrected chi connectivity index (χ3v) is 5.07. The van der Waals surface area contributed by atoms with Crippen LogP contribution in [-0.4, -0.2) is 23.9 Å². The third-order valence-electron chi connectivity index (χ3n) is 5.07. The molecule has 1 aromatic heterocycles. The molecule has 1 aliphatic heterocycles. The Kier molecular flexibility index (Phi) is 6.39. The molecule has 1 amide bonds. The van der Waals surface area contributed by atoms with Crippen molar-refractivity contribution in [2.45, 2.75) is 32.6 Å². The Bertz CT molecular complexity index is 931. The predicted octanol–water partition coefficient (Wildman–Crippen LogP) is 4.84. The van der Waals surface area contributed by atoms with Crippen molar-refractivity contribution in [2.24, 2.45) is 0 Å². The van der Waals surface area contributed by atoms with Crippen LogP contribution < -0.4 is 5.32 Å². The molecule has 0 spiro atoms. The molecule has 0 radical (unpaired) electrons. The number of anilines is 1. The molecule has 0 atom stereocenters. The van der Waals surface area contributed by atoms with Crippen molar-refractivity contribution in [1.29, 1.82) is 0 Å². The molecule has 5 heteroatoms. The lowest BCUT2D eigenvalue weighted by Gasteiger charge is -2.15. The lowest BCUT2D eigenvalue weighted by atomic mass is 10.1. The SMILES string of the molecule is O=C(Nc1cccc(COCc2ccco2)c1)c1cccc(CN2CCCC2)c1. The van der Waals surface area contributed by atoms with Gasteiger partial charge in [-0.1, -0.05) is 24.3 Å². The molecule has 2 aromatic carbocycles. The van der Waals surface area contributed by atoms with Crippen LogP contribution in [0.25, 0.3) is 0 Å². The van der Waals surface area contributed by atoms with E-state index in [1.54, 1.807) is 6.26 Å². The van der Waals surface area contributed by atoms with Crippen molar-refractivity contribution in [3.05, 3.63) is 89.4 Å². The normalized spacial score (nSPS) is 14.2. The van der Waals surface area contributed by atoms with Crippen molar-refractivity contribution < 1.29 is 13.9 Å². The molecule has 1 fully saturated rings. The van der Waals surface area contributed by atoms with E-state index in [1.165, 1.54) is 18.4 Å². The standard InChI is InChI=1S/C24H26N2O3/c27-24(21-8-3-6-19(14-21)16-26-11-1-2-12-26)25-22-9-4-7-20(15-22)17-28-18-23-10-5-13-29-23/h3-10,13-15H,1-2,11-12,16-18H2,(H,25,27). The fourth-order valence-electron chi connectivity index (χ4n) is 3.62. The number of rotatable bonds is 8. The first kappa shape index (κ1) is 19.4. The second-order valence-corrected chi connectivity index (χ2v) is 7.41. The second kappa shape index (κ2) is 9.54. The Labute approximate surface area is 171 Å². The van der Waals surface area contributed by atoms with E-state index in [-0.39, 0.29) is 5.91 Å². The fourth-order valence-corrected chi connectivity index (χ4v) is 3.62. The van der Waals surface area contributed by atoms with Gasteiger partial charge in [0, 0.05) is 17.8 Å². The van der Waals surface area contributed by atoms with Crippen LogP contribution in [0.4, 0.5) is 5.69 Å². The van der Waals surface area contributed by atoms with Gasteiger partial charge in [-0.05, 0) is 73.5 Å². The third kappa shape index (κ3) is 5.56. The highest BCUT2D eigenvalue weighted by molar-refractivity contribution is 6.04. The van der Waals surface area contributed by atoms with Gasteiger partial charge in [-0.3, -0.25) is 9.69 Å². The number of ether oxygens (including phenoxy) is 1. The molecule has 1 aliphatic rings. The predicted molar refractivity (Wildman–Crippen MR) is 113 cm³/mol. The van der Waals surface area contributed by atoms with Crippen LogP contribution in [0, 0.1) is 0 Å². The van der Waals surface area contributed by atoms with Gasteiger partial charge in [0.2, 0.25) is 0 Å². The summed E-state index contributed by atoms with van der Waals surface area (Å²) in [5.41, 5.74) is 3.62. The van der Waals surface area contributed by atoms with E-state index < -0.39 is 0 Å². The van der Waals surface area contributed by atoms with Crippen LogP contribution in [0.1, 0.15) is 40.1 Å². The number of carbonyl (C=O) groups is 1. The Morgan fingerprint density at radius 1 is 0.966 bits per heavy atom. The maximum Gasteiger partial charge on any atom is 0.255 e. The number of carbonyl (C=O) groups excluding carboxylic acids is 1. The van der Waals surface area contributed by atoms with Gasteiger partial charge in [-0.15, -0.1) is 0 Å². The molecule has 0 saturated carbocycles. The molecule has 150 valence electrons. The van der Waals surface area contributed by atoms with Crippen molar-refractivity contribution in [3.63, 3.8) is 0 Å². The summed E-state index contributed by atoms with van der Waals surface area (Å²) < 4.78 is 10.9. The fraction of sp³-hybridized carbons (Fsp3) is 0.292. The molecule has 1 N–H and O–H groups in total. The monoisotopic (exact) mass is 390 g/mol. The van der Waals surface area contributed by atoms with Gasteiger partial charge in [-0.25, -0.2) is 0 Å². The molecule has 2 heterocycles. The van der Waals surface area contributed by atoms with Gasteiger partial charge >= 0.3 is 0 Å². The minimum Gasteiger partial charge on any atom is -0.467 e. The maximum absolute atomic E-state index is 12.7. The minimum atomic E-state index is -0.0954. The lowest BCUT2D eigenvalue weighted by Crippen LogP contribution is -2.19. The highest BCUT2D eigenvalue weighted by atomic mass is 16.5. The van der Waals surface area contributed by atoms with Crippen molar-refractivity contribution >= 4 is 11.6 Å². The van der Waals surface area contributed by atoms with Gasteiger partial charge in [0.1, 0.15) is 12.4 Å². The average Bonchev–Trinajstić information content (AvgIpc) is 3.43. The number of furan rings is 1. The average molecular weight is 390 g/mol. The summed E-state index contributed by atoms with van der Waals surface area (Å²) in [6, 6.07) is 19.4. The number of hydrogen-bond donors (Lipinski definition) is 1. The number of amides is 1. The summed E-state index contributed by atoms with van der Waals surface area (Å²) in [7, 11) is 0. The molecular formula is C24H26N2O3. The van der Waals surface area contributed by atoms with Crippen LogP contribution in [0.5, 0.6) is 0 Å². The van der Waals surface area contributed by atoms with Gasteiger partial charge in [0.25, 0.3) is 5.91 Å². The first-order valence-corrected chi connectivity index (χ1v) is 10.1. The zero-order valence-electron chi connectivity index (χ0n) is 16.5. The summed E-state index contributed by atoms with van der Waals surface area (Å²) in [4.78, 5) is 15.1. The number of likely N-dealkylation sites (tertiary alicyclic amines) is 1.